The molecule has 0 heterocycles. The molecule has 0 aliphatic rings. The second kappa shape index (κ2) is 15.8. The monoisotopic (exact) mass is 327 g/mol. The fraction of sp³-hybridized carbons (Fsp3) is 1.00. The quantitative estimate of drug-likeness (QED) is 0.669. The average Bonchev–Trinajstić information content (AvgIpc) is 1.71. The van der Waals surface area contributed by atoms with Crippen LogP contribution < -0.4 is 0 Å². The van der Waals surface area contributed by atoms with E-state index in [2.05, 4.69) is 0 Å². The number of hydrogen-bond acceptors (Lipinski definition) is 0. The maximum absolute atomic E-state index is 4.96. The Morgan fingerprint density at radius 2 is 2.00 bits per heavy atom. The number of halogens is 2. The van der Waals surface area contributed by atoms with Crippen LogP contribution in [0, 0.1) is 0 Å². The van der Waals surface area contributed by atoms with Crippen LogP contribution in [0.3, 0.4) is 0 Å². The second-order valence-electron chi connectivity index (χ2n) is 0.882. The van der Waals surface area contributed by atoms with Gasteiger partial charge in [0.05, 0.1) is 7.17 Å². The second-order valence-corrected chi connectivity index (χ2v) is 4.16. The summed E-state index contributed by atoms with van der Waals surface area (Å²) in [5.41, 5.74) is 0. The molecule has 0 amide bonds. The van der Waals surface area contributed by atoms with Gasteiger partial charge in [-0.1, -0.05) is 13.2 Å². The Balaban J connectivity index is 0. The van der Waals surface area contributed by atoms with Crippen molar-refractivity contribution in [3.63, 3.8) is 0 Å². The van der Waals surface area contributed by atoms with Crippen molar-refractivity contribution in [2.75, 3.05) is 0 Å². The molecule has 0 saturated heterocycles. The third kappa shape index (κ3) is 26.0. The van der Waals surface area contributed by atoms with Crippen LogP contribution in [0.15, 0.2) is 0 Å². The molecule has 0 spiro atoms. The fourth-order valence-electron chi connectivity index (χ4n) is 0.136. The molecule has 0 fully saturated rings. The summed E-state index contributed by atoms with van der Waals surface area (Å²) >= 11 is -0.472. The van der Waals surface area contributed by atoms with Crippen molar-refractivity contribution in [2.45, 2.75) is 13.2 Å². The van der Waals surface area contributed by atoms with E-state index in [0.29, 0.717) is 0 Å². The Labute approximate surface area is 70.3 Å². The van der Waals surface area contributed by atoms with Crippen LogP contribution in [0.4, 0.5) is 0 Å². The Hall–Kier alpha value is 1.46. The van der Waals surface area contributed by atoms with Gasteiger partial charge in [0.1, 0.15) is 0 Å². The summed E-state index contributed by atoms with van der Waals surface area (Å²) in [5, 5.41) is 0. The Bertz CT molecular complexity index is 29.2. The van der Waals surface area contributed by atoms with Crippen LogP contribution >= 0.6 is 18.8 Å². The van der Waals surface area contributed by atoms with E-state index >= 15 is 0 Å². The van der Waals surface area contributed by atoms with Crippen molar-refractivity contribution in [2.24, 2.45) is 0 Å². The van der Waals surface area contributed by atoms with E-state index in [1.165, 1.54) is 0 Å². The summed E-state index contributed by atoms with van der Waals surface area (Å²) in [6.45, 7) is 2.04. The summed E-state index contributed by atoms with van der Waals surface area (Å²) < 4.78 is 0. The van der Waals surface area contributed by atoms with Crippen molar-refractivity contribution in [3.05, 3.63) is 0 Å². The van der Waals surface area contributed by atoms with E-state index in [1.54, 1.807) is 7.06 Å². The predicted molar refractivity (Wildman–Crippen MR) is 39.4 cm³/mol. The molecule has 4 radical (unpaired) electrons. The minimum atomic E-state index is -0.472. The molecule has 6 heteroatoms. The van der Waals surface area contributed by atoms with Gasteiger partial charge in [-0.3, -0.25) is 0 Å². The first-order chi connectivity index (χ1) is 3.83. The summed E-state index contributed by atoms with van der Waals surface area (Å²) in [7, 11) is 18.2. The normalized spacial score (nSPS) is 6.88. The van der Waals surface area contributed by atoms with E-state index in [-0.39, 0.29) is 0 Å². The third-order valence-electron chi connectivity index (χ3n) is 0.372. The van der Waals surface area contributed by atoms with Crippen LogP contribution in [0.2, 0.25) is 6.32 Å². The molecule has 0 aromatic carbocycles. The Kier molecular flexibility index (Phi) is 24.0. The topological polar surface area (TPSA) is 0 Å². The molecule has 0 bridgehead atoms. The SMILES string of the molecule is [B][B][B]CC.[Cl][Pt][Cl]. The first kappa shape index (κ1) is 12.2. The van der Waals surface area contributed by atoms with Crippen molar-refractivity contribution in [1.29, 1.82) is 0 Å². The van der Waals surface area contributed by atoms with Gasteiger partial charge in [0, 0.05) is 14.8 Å². The molecule has 0 aliphatic carbocycles. The average molecular weight is 327 g/mol. The number of rotatable bonds is 2. The Morgan fingerprint density at radius 3 is 2.00 bits per heavy atom. The molecular weight excluding hydrogens is 322 g/mol. The molecule has 8 heavy (non-hydrogen) atoms. The van der Waals surface area contributed by atoms with Crippen LogP contribution in [0.25, 0.3) is 0 Å². The molecular formula is C2H5B3Cl2Pt. The van der Waals surface area contributed by atoms with Crippen molar-refractivity contribution in [3.8, 4) is 0 Å². The predicted octanol–water partition coefficient (Wildman–Crippen LogP) is 1.21. The van der Waals surface area contributed by atoms with Gasteiger partial charge >= 0.3 is 35.3 Å². The van der Waals surface area contributed by atoms with Gasteiger partial charge in [-0.15, -0.1) is 0 Å². The first-order valence-corrected chi connectivity index (χ1v) is 7.65. The summed E-state index contributed by atoms with van der Waals surface area (Å²) in [4.78, 5) is 0. The maximum atomic E-state index is 4.96. The third-order valence-corrected chi connectivity index (χ3v) is 0.372. The molecule has 0 unspecified atom stereocenters. The van der Waals surface area contributed by atoms with Crippen molar-refractivity contribution >= 4 is 40.8 Å². The van der Waals surface area contributed by atoms with Gasteiger partial charge in [0.2, 0.25) is 0 Å². The molecule has 0 N–H and O–H groups in total. The van der Waals surface area contributed by atoms with Crippen LogP contribution in [0.5, 0.6) is 0 Å². The van der Waals surface area contributed by atoms with Crippen LogP contribution in [-0.2, 0) is 16.5 Å². The molecule has 0 aromatic heterocycles. The van der Waals surface area contributed by atoms with Gasteiger partial charge < -0.3 is 0 Å². The molecule has 0 saturated carbocycles. The molecule has 0 rings (SSSR count). The van der Waals surface area contributed by atoms with Gasteiger partial charge in [-0.2, -0.15) is 0 Å². The summed E-state index contributed by atoms with van der Waals surface area (Å²) in [6, 6.07) is 0. The molecule has 0 atom stereocenters. The van der Waals surface area contributed by atoms with Crippen molar-refractivity contribution < 1.29 is 16.5 Å². The fourth-order valence-corrected chi connectivity index (χ4v) is 0.136. The zero-order valence-electron chi connectivity index (χ0n) is 4.51. The molecule has 0 aliphatic heterocycles. The molecule has 0 nitrogen and oxygen atoms in total. The summed E-state index contributed by atoms with van der Waals surface area (Å²) in [5.74, 6) is 0. The standard InChI is InChI=1S/C2H5B3.2ClH.Pt/c1-2-4-5-3;;;/h2H2,1H3;2*1H;/q;;;+2/p-2. The molecule has 0 aromatic rings. The van der Waals surface area contributed by atoms with E-state index in [9.17, 15) is 0 Å². The van der Waals surface area contributed by atoms with Gasteiger partial charge in [0.25, 0.3) is 0 Å². The zero-order valence-corrected chi connectivity index (χ0v) is 8.30. The van der Waals surface area contributed by atoms with Gasteiger partial charge in [0.15, 0.2) is 0 Å². The van der Waals surface area contributed by atoms with E-state index in [4.69, 9.17) is 26.6 Å². The van der Waals surface area contributed by atoms with E-state index in [0.717, 1.165) is 6.32 Å². The summed E-state index contributed by atoms with van der Waals surface area (Å²) in [6.07, 6.45) is 1.04. The van der Waals surface area contributed by atoms with Crippen LogP contribution in [0.1, 0.15) is 6.92 Å². The number of hydrogen-bond donors (Lipinski definition) is 0. The van der Waals surface area contributed by atoms with E-state index < -0.39 is 16.5 Å². The van der Waals surface area contributed by atoms with Crippen LogP contribution in [-0.4, -0.2) is 22.0 Å². The van der Waals surface area contributed by atoms with E-state index in [1.807, 2.05) is 14.1 Å². The zero-order chi connectivity index (χ0) is 6.83. The van der Waals surface area contributed by atoms with Gasteiger partial charge in [-0.05, 0) is 0 Å². The Morgan fingerprint density at radius 1 is 1.62 bits per heavy atom. The first-order valence-electron chi connectivity index (χ1n) is 2.02. The molecule has 46 valence electrons. The van der Waals surface area contributed by atoms with Crippen molar-refractivity contribution in [1.82, 2.24) is 0 Å². The van der Waals surface area contributed by atoms with Gasteiger partial charge in [-0.25, -0.2) is 0 Å². The minimum absolute atomic E-state index is 0.472.